The van der Waals surface area contributed by atoms with Crippen molar-refractivity contribution in [3.63, 3.8) is 0 Å². The van der Waals surface area contributed by atoms with Gasteiger partial charge < -0.3 is 0 Å². The SMILES string of the molecule is CCN(CC)S(=O)(=O)c1ccc(N[C@H]2CCCc3ccccc32)[nH+]c1. The average molecular weight is 361 g/mol. The molecule has 0 fully saturated rings. The van der Waals surface area contributed by atoms with Crippen LogP contribution in [0.5, 0.6) is 0 Å². The highest BCUT2D eigenvalue weighted by Crippen LogP contribution is 2.31. The molecule has 0 saturated carbocycles. The van der Waals surface area contributed by atoms with E-state index in [-0.39, 0.29) is 6.04 Å². The van der Waals surface area contributed by atoms with Crippen LogP contribution in [0.3, 0.4) is 0 Å². The Kier molecular flexibility index (Phi) is 5.39. The second-order valence-corrected chi connectivity index (χ2v) is 8.25. The van der Waals surface area contributed by atoms with Gasteiger partial charge >= 0.3 is 0 Å². The van der Waals surface area contributed by atoms with Gasteiger partial charge in [0.25, 0.3) is 5.82 Å². The molecular formula is C19H26N3O2S+. The molecule has 0 unspecified atom stereocenters. The van der Waals surface area contributed by atoms with Gasteiger partial charge in [0.2, 0.25) is 10.0 Å². The molecular weight excluding hydrogens is 334 g/mol. The molecule has 1 aliphatic carbocycles. The second kappa shape index (κ2) is 7.54. The van der Waals surface area contributed by atoms with Crippen molar-refractivity contribution >= 4 is 15.8 Å². The molecule has 5 nitrogen and oxygen atoms in total. The molecule has 0 aliphatic heterocycles. The molecule has 25 heavy (non-hydrogen) atoms. The summed E-state index contributed by atoms with van der Waals surface area (Å²) in [6.07, 6.45) is 4.93. The first-order chi connectivity index (χ1) is 12.1. The third-order valence-corrected chi connectivity index (χ3v) is 6.87. The van der Waals surface area contributed by atoms with Gasteiger partial charge in [-0.2, -0.15) is 4.31 Å². The molecule has 0 radical (unpaired) electrons. The maximum atomic E-state index is 12.5. The average Bonchev–Trinajstić information content (AvgIpc) is 2.63. The first-order valence-electron chi connectivity index (χ1n) is 8.92. The molecule has 1 aromatic heterocycles. The number of anilines is 1. The van der Waals surface area contributed by atoms with Crippen LogP contribution in [0.25, 0.3) is 0 Å². The van der Waals surface area contributed by atoms with E-state index >= 15 is 0 Å². The summed E-state index contributed by atoms with van der Waals surface area (Å²) >= 11 is 0. The Morgan fingerprint density at radius 2 is 1.92 bits per heavy atom. The lowest BCUT2D eigenvalue weighted by Gasteiger charge is -2.23. The van der Waals surface area contributed by atoms with Gasteiger partial charge in [-0.05, 0) is 36.5 Å². The van der Waals surface area contributed by atoms with E-state index in [4.69, 9.17) is 0 Å². The predicted octanol–water partition coefficient (Wildman–Crippen LogP) is 3.02. The van der Waals surface area contributed by atoms with E-state index < -0.39 is 10.0 Å². The number of aryl methyl sites for hydroxylation is 1. The fraction of sp³-hybridized carbons (Fsp3) is 0.421. The van der Waals surface area contributed by atoms with E-state index in [1.165, 1.54) is 15.4 Å². The monoisotopic (exact) mass is 360 g/mol. The summed E-state index contributed by atoms with van der Waals surface area (Å²) in [6.45, 7) is 4.64. The number of nitrogens with zero attached hydrogens (tertiary/aromatic N) is 1. The number of aromatic amines is 1. The van der Waals surface area contributed by atoms with Crippen LogP contribution in [0, 0.1) is 0 Å². The molecule has 2 N–H and O–H groups in total. The van der Waals surface area contributed by atoms with E-state index in [0.717, 1.165) is 25.1 Å². The fourth-order valence-electron chi connectivity index (χ4n) is 3.46. The zero-order valence-electron chi connectivity index (χ0n) is 14.8. The normalized spacial score (nSPS) is 17.3. The number of nitrogens with one attached hydrogen (secondary N) is 2. The second-order valence-electron chi connectivity index (χ2n) is 6.32. The minimum atomic E-state index is -3.43. The lowest BCUT2D eigenvalue weighted by molar-refractivity contribution is -0.364. The van der Waals surface area contributed by atoms with E-state index in [2.05, 4.69) is 34.6 Å². The Hall–Kier alpha value is -1.92. The Balaban J connectivity index is 1.78. The standard InChI is InChI=1S/C19H25N3O2S/c1-3-22(4-2)25(23,24)16-12-13-19(20-14-16)21-18-11-7-9-15-8-5-6-10-17(15)18/h5-6,8,10,12-14,18H,3-4,7,9,11H2,1-2H3,(H,20,21)/p+1/t18-/m0/s1. The molecule has 0 spiro atoms. The third-order valence-electron chi connectivity index (χ3n) is 4.83. The van der Waals surface area contributed by atoms with Crippen LogP contribution >= 0.6 is 0 Å². The number of fused-ring (bicyclic) bond motifs is 1. The molecule has 2 aromatic rings. The largest absolute Gasteiger partial charge is 0.272 e. The van der Waals surface area contributed by atoms with Gasteiger partial charge in [-0.25, -0.2) is 13.4 Å². The predicted molar refractivity (Wildman–Crippen MR) is 98.8 cm³/mol. The van der Waals surface area contributed by atoms with E-state index in [9.17, 15) is 8.42 Å². The van der Waals surface area contributed by atoms with E-state index in [1.54, 1.807) is 12.3 Å². The first kappa shape index (κ1) is 17.9. The summed E-state index contributed by atoms with van der Waals surface area (Å²) in [5, 5.41) is 3.51. The Bertz CT molecular complexity index is 815. The van der Waals surface area contributed by atoms with Crippen LogP contribution in [-0.4, -0.2) is 25.8 Å². The van der Waals surface area contributed by atoms with Gasteiger partial charge in [0.05, 0.1) is 0 Å². The highest BCUT2D eigenvalue weighted by Gasteiger charge is 2.25. The van der Waals surface area contributed by atoms with Crippen molar-refractivity contribution in [2.45, 2.75) is 44.0 Å². The quantitative estimate of drug-likeness (QED) is 0.861. The van der Waals surface area contributed by atoms with Gasteiger partial charge in [-0.15, -0.1) is 0 Å². The molecule has 1 aromatic carbocycles. The van der Waals surface area contributed by atoms with Crippen LogP contribution in [0.2, 0.25) is 0 Å². The minimum absolute atomic E-state index is 0.256. The maximum absolute atomic E-state index is 12.5. The van der Waals surface area contributed by atoms with Gasteiger partial charge in [0.15, 0.2) is 0 Å². The number of H-pyrrole nitrogens is 1. The van der Waals surface area contributed by atoms with Crippen molar-refractivity contribution in [3.8, 4) is 0 Å². The third kappa shape index (κ3) is 3.70. The smallest absolute Gasteiger partial charge is 0.268 e. The van der Waals surface area contributed by atoms with Crippen LogP contribution in [0.15, 0.2) is 47.5 Å². The first-order valence-corrected chi connectivity index (χ1v) is 10.4. The summed E-state index contributed by atoms with van der Waals surface area (Å²) in [6, 6.07) is 12.3. The van der Waals surface area contributed by atoms with Gasteiger partial charge in [0.1, 0.15) is 17.1 Å². The number of sulfonamides is 1. The van der Waals surface area contributed by atoms with E-state index in [1.807, 2.05) is 19.9 Å². The molecule has 6 heteroatoms. The van der Waals surface area contributed by atoms with Crippen molar-refractivity contribution in [3.05, 3.63) is 53.7 Å². The van der Waals surface area contributed by atoms with Crippen molar-refractivity contribution in [2.75, 3.05) is 18.4 Å². The molecule has 1 heterocycles. The Labute approximate surface area is 150 Å². The zero-order valence-corrected chi connectivity index (χ0v) is 15.6. The molecule has 1 aliphatic rings. The molecule has 0 amide bonds. The van der Waals surface area contributed by atoms with Gasteiger partial charge in [-0.1, -0.05) is 38.1 Å². The van der Waals surface area contributed by atoms with Crippen LogP contribution in [-0.2, 0) is 16.4 Å². The topological polar surface area (TPSA) is 63.6 Å². The summed E-state index contributed by atoms with van der Waals surface area (Å²) in [5.41, 5.74) is 2.73. The number of hydrogen-bond donors (Lipinski definition) is 1. The number of pyridine rings is 1. The number of rotatable bonds is 6. The summed E-state index contributed by atoms with van der Waals surface area (Å²) in [7, 11) is -3.43. The lowest BCUT2D eigenvalue weighted by atomic mass is 9.88. The van der Waals surface area contributed by atoms with Crippen molar-refractivity contribution in [1.29, 1.82) is 0 Å². The highest BCUT2D eigenvalue weighted by atomic mass is 32.2. The van der Waals surface area contributed by atoms with Gasteiger partial charge in [0, 0.05) is 19.2 Å². The summed E-state index contributed by atoms with van der Waals surface area (Å²) < 4.78 is 26.5. The highest BCUT2D eigenvalue weighted by molar-refractivity contribution is 7.89. The van der Waals surface area contributed by atoms with E-state index in [0.29, 0.717) is 18.0 Å². The molecule has 0 bridgehead atoms. The fourth-order valence-corrected chi connectivity index (χ4v) is 4.89. The summed E-state index contributed by atoms with van der Waals surface area (Å²) in [4.78, 5) is 3.40. The molecule has 3 rings (SSSR count). The lowest BCUT2D eigenvalue weighted by Crippen LogP contribution is -2.31. The van der Waals surface area contributed by atoms with Crippen molar-refractivity contribution in [1.82, 2.24) is 4.31 Å². The van der Waals surface area contributed by atoms with Gasteiger partial charge in [-0.3, -0.25) is 5.32 Å². The molecule has 134 valence electrons. The maximum Gasteiger partial charge on any atom is 0.272 e. The Morgan fingerprint density at radius 1 is 1.16 bits per heavy atom. The van der Waals surface area contributed by atoms with Crippen molar-refractivity contribution < 1.29 is 13.4 Å². The van der Waals surface area contributed by atoms with Crippen LogP contribution < -0.4 is 10.3 Å². The number of aromatic nitrogens is 1. The van der Waals surface area contributed by atoms with Crippen LogP contribution in [0.1, 0.15) is 43.9 Å². The van der Waals surface area contributed by atoms with Crippen LogP contribution in [0.4, 0.5) is 5.82 Å². The Morgan fingerprint density at radius 3 is 2.60 bits per heavy atom. The van der Waals surface area contributed by atoms with Crippen molar-refractivity contribution in [2.24, 2.45) is 0 Å². The zero-order chi connectivity index (χ0) is 17.9. The molecule has 0 saturated heterocycles. The molecule has 1 atom stereocenters. The summed E-state index contributed by atoms with van der Waals surface area (Å²) in [5.74, 6) is 0.834. The number of benzene rings is 1. The number of hydrogen-bond acceptors (Lipinski definition) is 3. The minimum Gasteiger partial charge on any atom is -0.268 e.